The summed E-state index contributed by atoms with van der Waals surface area (Å²) < 4.78 is 9.43. The zero-order valence-electron chi connectivity index (χ0n) is 8.98. The third-order valence-corrected chi connectivity index (χ3v) is 4.02. The molecule has 3 aromatic rings. The summed E-state index contributed by atoms with van der Waals surface area (Å²) in [7, 11) is 0. The first-order valence-corrected chi connectivity index (χ1v) is 7.43. The number of nitrogens with zero attached hydrogens (tertiary/aromatic N) is 2. The van der Waals surface area contributed by atoms with E-state index in [0.29, 0.717) is 11.4 Å². The van der Waals surface area contributed by atoms with Gasteiger partial charge in [0.15, 0.2) is 0 Å². The van der Waals surface area contributed by atoms with Crippen LogP contribution in [0.25, 0.3) is 11.0 Å². The van der Waals surface area contributed by atoms with Crippen LogP contribution in [-0.4, -0.2) is 33.8 Å². The number of aromatic amines is 1. The molecule has 3 rings (SSSR count). The summed E-state index contributed by atoms with van der Waals surface area (Å²) in [4.78, 5) is 14.9. The molecule has 2 N–H and O–H groups in total. The van der Waals surface area contributed by atoms with Gasteiger partial charge in [0.1, 0.15) is 0 Å². The zero-order valence-corrected chi connectivity index (χ0v) is 12.3. The van der Waals surface area contributed by atoms with E-state index in [2.05, 4.69) is 34.2 Å². The Bertz CT molecular complexity index is 720. The Labute approximate surface area is 117 Å². The predicted molar refractivity (Wildman–Crippen MR) is 72.9 cm³/mol. The summed E-state index contributed by atoms with van der Waals surface area (Å²) in [5, 5.41) is 2.84. The van der Waals surface area contributed by atoms with E-state index in [9.17, 15) is 4.79 Å². The maximum atomic E-state index is 12.0. The Morgan fingerprint density at radius 2 is 2.28 bits per heavy atom. The summed E-state index contributed by atoms with van der Waals surface area (Å²) in [6.07, 6.45) is 1.72. The molecule has 0 aliphatic carbocycles. The van der Waals surface area contributed by atoms with Crippen molar-refractivity contribution in [1.82, 2.24) is 12.9 Å². The van der Waals surface area contributed by atoms with E-state index in [0.717, 1.165) is 15.5 Å². The molecule has 0 aliphatic rings. The number of carbonyl (C=O) groups is 1. The van der Waals surface area contributed by atoms with Crippen molar-refractivity contribution in [3.63, 3.8) is 0 Å². The first kappa shape index (κ1) is 11.6. The van der Waals surface area contributed by atoms with Crippen LogP contribution in [0.4, 0.5) is 5.69 Å². The molecule has 0 saturated heterocycles. The van der Waals surface area contributed by atoms with Crippen LogP contribution in [0, 0.1) is 0 Å². The van der Waals surface area contributed by atoms with Crippen molar-refractivity contribution in [1.29, 1.82) is 0 Å². The Kier molecular flexibility index (Phi) is 3.03. The molecule has 18 heavy (non-hydrogen) atoms. The van der Waals surface area contributed by atoms with Gasteiger partial charge in [-0.25, -0.2) is 0 Å². The van der Waals surface area contributed by atoms with Crippen molar-refractivity contribution in [2.24, 2.45) is 0 Å². The molecule has 0 radical (unpaired) electrons. The Balaban J connectivity index is 1.92. The van der Waals surface area contributed by atoms with E-state index in [-0.39, 0.29) is 20.9 Å². The monoisotopic (exact) mass is 370 g/mol. The molecule has 0 aliphatic heterocycles. The second kappa shape index (κ2) is 4.68. The molecule has 90 valence electrons. The molecule has 1 amide bonds. The Hall–Kier alpha value is -1.43. The fraction of sp³-hybridized carbons (Fsp3) is 0. The van der Waals surface area contributed by atoms with Gasteiger partial charge in [-0.15, -0.1) is 0 Å². The summed E-state index contributed by atoms with van der Waals surface area (Å²) in [6.45, 7) is 0. The van der Waals surface area contributed by atoms with Crippen molar-refractivity contribution in [3.05, 3.63) is 40.6 Å². The van der Waals surface area contributed by atoms with E-state index < -0.39 is 0 Å². The molecule has 0 unspecified atom stereocenters. The Morgan fingerprint density at radius 3 is 3.06 bits per heavy atom. The number of aromatic nitrogens is 3. The van der Waals surface area contributed by atoms with Gasteiger partial charge in [-0.05, 0) is 0 Å². The van der Waals surface area contributed by atoms with E-state index >= 15 is 0 Å². The molecule has 0 bridgehead atoms. The van der Waals surface area contributed by atoms with Crippen LogP contribution in [0.5, 0.6) is 0 Å². The van der Waals surface area contributed by atoms with Crippen LogP contribution in [0.2, 0.25) is 0 Å². The van der Waals surface area contributed by atoms with Crippen molar-refractivity contribution >= 4 is 53.5 Å². The quantitative estimate of drug-likeness (QED) is 0.679. The summed E-state index contributed by atoms with van der Waals surface area (Å²) >= 11 is 3.19. The molecule has 2 aromatic heterocycles. The number of fused-ring (bicyclic) bond motifs is 1. The van der Waals surface area contributed by atoms with Crippen molar-refractivity contribution in [3.8, 4) is 0 Å². The van der Waals surface area contributed by atoms with Gasteiger partial charge in [-0.1, -0.05) is 0 Å². The predicted octanol–water partition coefficient (Wildman–Crippen LogP) is 2.03. The fourth-order valence-corrected chi connectivity index (χ4v) is 3.09. The van der Waals surface area contributed by atoms with Gasteiger partial charge in [0.25, 0.3) is 0 Å². The van der Waals surface area contributed by atoms with Crippen LogP contribution in [0.1, 0.15) is 10.5 Å². The minimum atomic E-state index is -0.191. The third kappa shape index (κ3) is 2.12. The zero-order chi connectivity index (χ0) is 12.5. The number of benzene rings is 1. The number of amides is 1. The number of H-pyrrole nitrogens is 1. The first-order valence-electron chi connectivity index (χ1n) is 5.10. The van der Waals surface area contributed by atoms with Gasteiger partial charge < -0.3 is 0 Å². The van der Waals surface area contributed by atoms with Gasteiger partial charge >= 0.3 is 117 Å². The van der Waals surface area contributed by atoms with Crippen molar-refractivity contribution in [2.75, 3.05) is 5.32 Å². The summed E-state index contributed by atoms with van der Waals surface area (Å²) in [5.41, 5.74) is 2.82. The van der Waals surface area contributed by atoms with Crippen molar-refractivity contribution < 1.29 is 4.79 Å². The minimum absolute atomic E-state index is 0.0986. The average molecular weight is 370 g/mol. The first-order chi connectivity index (χ1) is 8.74. The molecule has 0 saturated carbocycles. The second-order valence-corrected chi connectivity index (χ2v) is 5.65. The standard InChI is InChI=1S/C11H7BrN4OSe/c12-6-4-9(13-5-6)11(17)14-7-2-1-3-8-10(7)16-18-15-8/h1-5,13H,(H,14,17). The Morgan fingerprint density at radius 1 is 1.39 bits per heavy atom. The van der Waals surface area contributed by atoms with Gasteiger partial charge in [0, 0.05) is 0 Å². The van der Waals surface area contributed by atoms with Crippen molar-refractivity contribution in [2.45, 2.75) is 0 Å². The van der Waals surface area contributed by atoms with E-state index in [1.54, 1.807) is 12.3 Å². The molecular formula is C11H7BrN4OSe. The van der Waals surface area contributed by atoms with Gasteiger partial charge in [-0.2, -0.15) is 0 Å². The third-order valence-electron chi connectivity index (χ3n) is 2.43. The maximum absolute atomic E-state index is 12.0. The molecule has 7 heteroatoms. The fourth-order valence-electron chi connectivity index (χ4n) is 1.60. The molecule has 0 atom stereocenters. The number of hydrogen-bond acceptors (Lipinski definition) is 3. The summed E-state index contributed by atoms with van der Waals surface area (Å²) in [6, 6.07) is 7.31. The van der Waals surface area contributed by atoms with Gasteiger partial charge in [-0.3, -0.25) is 0 Å². The molecule has 0 fully saturated rings. The number of anilines is 1. The second-order valence-electron chi connectivity index (χ2n) is 3.62. The van der Waals surface area contributed by atoms with Crippen LogP contribution in [0.15, 0.2) is 34.9 Å². The van der Waals surface area contributed by atoms with Gasteiger partial charge in [0.05, 0.1) is 0 Å². The number of carbonyl (C=O) groups excluding carboxylic acids is 1. The number of nitrogens with one attached hydrogen (secondary N) is 2. The number of halogens is 1. The number of hydrogen-bond donors (Lipinski definition) is 2. The molecule has 2 heterocycles. The summed E-state index contributed by atoms with van der Waals surface area (Å²) in [5.74, 6) is -0.191. The van der Waals surface area contributed by atoms with Gasteiger partial charge in [0.2, 0.25) is 0 Å². The topological polar surface area (TPSA) is 70.7 Å². The van der Waals surface area contributed by atoms with Crippen LogP contribution < -0.4 is 5.32 Å². The SMILES string of the molecule is O=C(Nc1cccc2n[se]nc12)c1cc(Br)c[nH]1. The average Bonchev–Trinajstić information content (AvgIpc) is 2.97. The van der Waals surface area contributed by atoms with Crippen LogP contribution >= 0.6 is 15.9 Å². The molecule has 1 aromatic carbocycles. The van der Waals surface area contributed by atoms with Crippen LogP contribution in [-0.2, 0) is 0 Å². The van der Waals surface area contributed by atoms with E-state index in [1.807, 2.05) is 18.2 Å². The molecule has 0 spiro atoms. The number of rotatable bonds is 2. The molecule has 5 nitrogen and oxygen atoms in total. The van der Waals surface area contributed by atoms with Crippen LogP contribution in [0.3, 0.4) is 0 Å². The normalized spacial score (nSPS) is 10.7. The van der Waals surface area contributed by atoms with E-state index in [4.69, 9.17) is 0 Å². The molecular weight excluding hydrogens is 363 g/mol. The van der Waals surface area contributed by atoms with E-state index in [1.165, 1.54) is 0 Å².